The largest absolute Gasteiger partial charge is 0.497 e. The van der Waals surface area contributed by atoms with Gasteiger partial charge >= 0.3 is 0 Å². The monoisotopic (exact) mass is 216 g/mol. The lowest BCUT2D eigenvalue weighted by Crippen LogP contribution is -1.84. The molecule has 3 aromatic rings. The van der Waals surface area contributed by atoms with Gasteiger partial charge in [0.05, 0.1) is 18.8 Å². The molecule has 0 saturated heterocycles. The highest BCUT2D eigenvalue weighted by Crippen LogP contribution is 2.24. The lowest BCUT2D eigenvalue weighted by atomic mass is 10.2. The minimum atomic E-state index is 0.832. The van der Waals surface area contributed by atoms with Gasteiger partial charge < -0.3 is 4.74 Å². The zero-order valence-corrected chi connectivity index (χ0v) is 8.91. The highest BCUT2D eigenvalue weighted by Gasteiger charge is 2.02. The van der Waals surface area contributed by atoms with Crippen LogP contribution in [0.3, 0.4) is 0 Å². The average Bonchev–Trinajstić information content (AvgIpc) is 2.72. The first kappa shape index (κ1) is 8.61. The van der Waals surface area contributed by atoms with Crippen molar-refractivity contribution >= 4 is 32.7 Å². The predicted molar refractivity (Wildman–Crippen MR) is 61.5 cm³/mol. The third-order valence-electron chi connectivity index (χ3n) is 2.35. The van der Waals surface area contributed by atoms with Gasteiger partial charge in [0.1, 0.15) is 10.6 Å². The van der Waals surface area contributed by atoms with Crippen molar-refractivity contribution in [2.75, 3.05) is 7.11 Å². The summed E-state index contributed by atoms with van der Waals surface area (Å²) in [5.41, 5.74) is 0.950. The van der Waals surface area contributed by atoms with Gasteiger partial charge in [0.25, 0.3) is 0 Å². The molecule has 0 aliphatic rings. The normalized spacial score (nSPS) is 11.0. The molecule has 0 N–H and O–H groups in total. The number of rotatable bonds is 1. The maximum Gasteiger partial charge on any atom is 0.144 e. The van der Waals surface area contributed by atoms with Crippen LogP contribution in [0.5, 0.6) is 5.75 Å². The molecular weight excluding hydrogens is 208 g/mol. The molecular formula is C11H8N2OS. The van der Waals surface area contributed by atoms with Crippen molar-refractivity contribution in [3.05, 3.63) is 30.5 Å². The second-order valence-electron chi connectivity index (χ2n) is 3.27. The Labute approximate surface area is 90.5 Å². The number of hydrogen-bond donors (Lipinski definition) is 0. The summed E-state index contributed by atoms with van der Waals surface area (Å²) >= 11 is 1.41. The van der Waals surface area contributed by atoms with Crippen LogP contribution >= 0.6 is 11.5 Å². The third kappa shape index (κ3) is 1.34. The molecule has 0 spiro atoms. The van der Waals surface area contributed by atoms with E-state index in [0.29, 0.717) is 0 Å². The zero-order valence-electron chi connectivity index (χ0n) is 8.10. The van der Waals surface area contributed by atoms with Crippen molar-refractivity contribution in [2.45, 2.75) is 0 Å². The zero-order chi connectivity index (χ0) is 10.3. The second kappa shape index (κ2) is 3.17. The predicted octanol–water partition coefficient (Wildman–Crippen LogP) is 2.85. The maximum atomic E-state index is 5.16. The van der Waals surface area contributed by atoms with E-state index in [1.54, 1.807) is 7.11 Å². The number of aromatic nitrogens is 2. The van der Waals surface area contributed by atoms with Crippen LogP contribution in [0.1, 0.15) is 0 Å². The van der Waals surface area contributed by atoms with Crippen molar-refractivity contribution < 1.29 is 4.74 Å². The van der Waals surface area contributed by atoms with Crippen LogP contribution in [0.25, 0.3) is 21.1 Å². The van der Waals surface area contributed by atoms with Gasteiger partial charge in [-0.2, -0.15) is 4.37 Å². The molecule has 15 heavy (non-hydrogen) atoms. The van der Waals surface area contributed by atoms with Gasteiger partial charge in [-0.1, -0.05) is 0 Å². The van der Waals surface area contributed by atoms with E-state index in [0.717, 1.165) is 26.9 Å². The fourth-order valence-corrected chi connectivity index (χ4v) is 2.19. The van der Waals surface area contributed by atoms with E-state index in [1.807, 2.05) is 24.4 Å². The Morgan fingerprint density at radius 3 is 3.00 bits per heavy atom. The minimum absolute atomic E-state index is 0.832. The van der Waals surface area contributed by atoms with E-state index in [4.69, 9.17) is 4.74 Å². The molecule has 0 bridgehead atoms. The molecule has 0 amide bonds. The molecule has 0 aliphatic heterocycles. The summed E-state index contributed by atoms with van der Waals surface area (Å²) in [6, 6.07) is 7.99. The van der Waals surface area contributed by atoms with Crippen LogP contribution < -0.4 is 4.74 Å². The third-order valence-corrected chi connectivity index (χ3v) is 3.06. The number of benzene rings is 1. The van der Waals surface area contributed by atoms with Crippen LogP contribution in [0.4, 0.5) is 0 Å². The SMILES string of the molecule is COc1ccc2cc3cnsc3nc2c1. The lowest BCUT2D eigenvalue weighted by Gasteiger charge is -2.01. The molecule has 1 aromatic carbocycles. The quantitative estimate of drug-likeness (QED) is 0.627. The summed E-state index contributed by atoms with van der Waals surface area (Å²) in [5, 5.41) is 2.21. The van der Waals surface area contributed by atoms with Crippen LogP contribution in [0.15, 0.2) is 30.5 Å². The van der Waals surface area contributed by atoms with Gasteiger partial charge in [0, 0.05) is 16.8 Å². The molecule has 2 heterocycles. The van der Waals surface area contributed by atoms with Crippen molar-refractivity contribution in [1.82, 2.24) is 9.36 Å². The Hall–Kier alpha value is -1.68. The van der Waals surface area contributed by atoms with Crippen molar-refractivity contribution in [3.63, 3.8) is 0 Å². The van der Waals surface area contributed by atoms with Crippen molar-refractivity contribution in [2.24, 2.45) is 0 Å². The molecule has 2 aromatic heterocycles. The minimum Gasteiger partial charge on any atom is -0.497 e. The Kier molecular flexibility index (Phi) is 1.82. The molecule has 4 heteroatoms. The first-order chi connectivity index (χ1) is 7.36. The Bertz CT molecular complexity index is 633. The summed E-state index contributed by atoms with van der Waals surface area (Å²) in [4.78, 5) is 5.49. The van der Waals surface area contributed by atoms with Gasteiger partial charge in [-0.3, -0.25) is 0 Å². The van der Waals surface area contributed by atoms with Crippen molar-refractivity contribution in [3.8, 4) is 5.75 Å². The molecule has 0 atom stereocenters. The van der Waals surface area contributed by atoms with Gasteiger partial charge in [-0.25, -0.2) is 4.98 Å². The summed E-state index contributed by atoms with van der Waals surface area (Å²) in [5.74, 6) is 0.832. The molecule has 74 valence electrons. The maximum absolute atomic E-state index is 5.16. The standard InChI is InChI=1S/C11H8N2OS/c1-14-9-3-2-7-4-8-6-12-15-11(8)13-10(7)5-9/h2-6H,1H3. The smallest absolute Gasteiger partial charge is 0.144 e. The summed E-state index contributed by atoms with van der Waals surface area (Å²) in [7, 11) is 1.66. The van der Waals surface area contributed by atoms with Gasteiger partial charge in [-0.15, -0.1) is 0 Å². The molecule has 0 saturated carbocycles. The van der Waals surface area contributed by atoms with Gasteiger partial charge in [0.2, 0.25) is 0 Å². The van der Waals surface area contributed by atoms with Crippen LogP contribution in [0, 0.1) is 0 Å². The van der Waals surface area contributed by atoms with Crippen LogP contribution in [0.2, 0.25) is 0 Å². The van der Waals surface area contributed by atoms with E-state index in [1.165, 1.54) is 11.5 Å². The lowest BCUT2D eigenvalue weighted by molar-refractivity contribution is 0.415. The average molecular weight is 216 g/mol. The number of nitrogens with zero attached hydrogens (tertiary/aromatic N) is 2. The Morgan fingerprint density at radius 1 is 1.20 bits per heavy atom. The number of hydrogen-bond acceptors (Lipinski definition) is 4. The first-order valence-electron chi connectivity index (χ1n) is 4.56. The molecule has 3 nitrogen and oxygen atoms in total. The highest BCUT2D eigenvalue weighted by molar-refractivity contribution is 7.12. The number of fused-ring (bicyclic) bond motifs is 2. The molecule has 0 radical (unpaired) electrons. The molecule has 0 fully saturated rings. The molecule has 0 unspecified atom stereocenters. The van der Waals surface area contributed by atoms with Crippen LogP contribution in [-0.2, 0) is 0 Å². The second-order valence-corrected chi connectivity index (χ2v) is 4.05. The van der Waals surface area contributed by atoms with Gasteiger partial charge in [0.15, 0.2) is 0 Å². The summed E-state index contributed by atoms with van der Waals surface area (Å²) in [6.45, 7) is 0. The molecule has 0 aliphatic carbocycles. The van der Waals surface area contributed by atoms with Crippen molar-refractivity contribution in [1.29, 1.82) is 0 Å². The first-order valence-corrected chi connectivity index (χ1v) is 5.33. The van der Waals surface area contributed by atoms with E-state index in [2.05, 4.69) is 15.4 Å². The number of ether oxygens (including phenoxy) is 1. The fraction of sp³-hybridized carbons (Fsp3) is 0.0909. The number of pyridine rings is 1. The molecule has 3 rings (SSSR count). The van der Waals surface area contributed by atoms with Crippen LogP contribution in [-0.4, -0.2) is 16.5 Å². The number of methoxy groups -OCH3 is 1. The summed E-state index contributed by atoms with van der Waals surface area (Å²) < 4.78 is 9.28. The summed E-state index contributed by atoms with van der Waals surface area (Å²) in [6.07, 6.45) is 1.84. The van der Waals surface area contributed by atoms with E-state index >= 15 is 0 Å². The van der Waals surface area contributed by atoms with E-state index < -0.39 is 0 Å². The Balaban J connectivity index is 2.38. The Morgan fingerprint density at radius 2 is 2.13 bits per heavy atom. The van der Waals surface area contributed by atoms with E-state index in [-0.39, 0.29) is 0 Å². The highest BCUT2D eigenvalue weighted by atomic mass is 32.1. The topological polar surface area (TPSA) is 35.0 Å². The fourth-order valence-electron chi connectivity index (χ4n) is 1.57. The van der Waals surface area contributed by atoms with Gasteiger partial charge in [-0.05, 0) is 29.7 Å². The van der Waals surface area contributed by atoms with E-state index in [9.17, 15) is 0 Å².